The highest BCUT2D eigenvalue weighted by Crippen LogP contribution is 1.57. The molecule has 0 heterocycles. The molecule has 0 bridgehead atoms. The molecular weight excluding hydrogens is 92.1 g/mol. The van der Waals surface area contributed by atoms with Crippen molar-refractivity contribution >= 4 is 0 Å². The van der Waals surface area contributed by atoms with Gasteiger partial charge in [0, 0.05) is 0 Å². The molecule has 0 aliphatic heterocycles. The summed E-state index contributed by atoms with van der Waals surface area (Å²) in [5.41, 5.74) is 17.3. The zero-order valence-electron chi connectivity index (χ0n) is 4.39. The number of hydrogen-bond acceptors (Lipinski definition) is 2. The molecule has 0 saturated heterocycles. The highest BCUT2D eigenvalue weighted by molar-refractivity contribution is 4.19. The van der Waals surface area contributed by atoms with Gasteiger partial charge in [-0.15, -0.1) is 5.53 Å². The predicted molar refractivity (Wildman–Crippen MR) is 28.8 cm³/mol. The monoisotopic (exact) mass is 102 g/mol. The van der Waals surface area contributed by atoms with E-state index in [0.29, 0.717) is 0 Å². The first kappa shape index (κ1) is 9.55. The molecule has 0 aliphatic rings. The largest absolute Gasteiger partial charge is 0.330 e. The van der Waals surface area contributed by atoms with Gasteiger partial charge < -0.3 is 5.73 Å². The van der Waals surface area contributed by atoms with Crippen molar-refractivity contribution in [1.29, 1.82) is 5.53 Å². The van der Waals surface area contributed by atoms with Crippen LogP contribution in [0.25, 0.3) is 10.4 Å². The third-order valence-corrected chi connectivity index (χ3v) is 0.289. The summed E-state index contributed by atoms with van der Waals surface area (Å²) in [5, 5.41) is 0. The number of nitrogens with one attached hydrogen (secondary N) is 1. The standard InChI is InChI=1S/C3H9N.HN3/c1-2-3-4;1-3-2/h2-4H2,1H3;1H. The summed E-state index contributed by atoms with van der Waals surface area (Å²) in [6, 6.07) is 0. The molecule has 0 rings (SSSR count). The van der Waals surface area contributed by atoms with E-state index in [1.807, 2.05) is 0 Å². The van der Waals surface area contributed by atoms with Crippen LogP contribution in [0.4, 0.5) is 0 Å². The predicted octanol–water partition coefficient (Wildman–Crippen LogP) is 1.23. The van der Waals surface area contributed by atoms with Gasteiger partial charge in [0.25, 0.3) is 0 Å². The van der Waals surface area contributed by atoms with Crippen LogP contribution in [0.1, 0.15) is 13.3 Å². The second-order valence-electron chi connectivity index (χ2n) is 0.889. The van der Waals surface area contributed by atoms with Gasteiger partial charge in [-0.3, -0.25) is 0 Å². The first-order chi connectivity index (χ1) is 3.33. The molecule has 0 saturated carbocycles. The maximum Gasteiger partial charge on any atom is -0.00208 e. The number of nitrogens with two attached hydrogens (primary N) is 1. The van der Waals surface area contributed by atoms with Crippen LogP contribution >= 0.6 is 0 Å². The van der Waals surface area contributed by atoms with Crippen molar-refractivity contribution in [2.75, 3.05) is 6.54 Å². The van der Waals surface area contributed by atoms with E-state index in [9.17, 15) is 0 Å². The van der Waals surface area contributed by atoms with Crippen LogP contribution in [-0.4, -0.2) is 6.54 Å². The second-order valence-corrected chi connectivity index (χ2v) is 0.889. The lowest BCUT2D eigenvalue weighted by molar-refractivity contribution is 0.932. The van der Waals surface area contributed by atoms with Gasteiger partial charge in [-0.1, -0.05) is 6.92 Å². The zero-order chi connectivity index (χ0) is 6.12. The zero-order valence-corrected chi connectivity index (χ0v) is 4.39. The van der Waals surface area contributed by atoms with E-state index < -0.39 is 0 Å². The van der Waals surface area contributed by atoms with Crippen LogP contribution in [-0.2, 0) is 0 Å². The fourth-order valence-electron chi connectivity index (χ4n) is 0. The Bertz CT molecular complexity index is 42.9. The molecule has 0 amide bonds. The normalized spacial score (nSPS) is 5.43. The SMILES string of the molecule is CCCN.[N-]=[N+]=N. The Kier molecular flexibility index (Phi) is 25.4. The van der Waals surface area contributed by atoms with E-state index in [1.54, 1.807) is 4.91 Å². The fourth-order valence-corrected chi connectivity index (χ4v) is 0. The lowest BCUT2D eigenvalue weighted by atomic mass is 10.5. The molecule has 0 unspecified atom stereocenters. The summed E-state index contributed by atoms with van der Waals surface area (Å²) >= 11 is 0. The summed E-state index contributed by atoms with van der Waals surface area (Å²) in [4.78, 5) is 1.75. The number of rotatable bonds is 1. The Morgan fingerprint density at radius 3 is 2.00 bits per heavy atom. The average Bonchev–Trinajstić information content (AvgIpc) is 1.69. The summed E-state index contributed by atoms with van der Waals surface area (Å²) in [5.74, 6) is 0. The van der Waals surface area contributed by atoms with Crippen LogP contribution in [0.5, 0.6) is 0 Å². The van der Waals surface area contributed by atoms with Gasteiger partial charge in [-0.05, 0) is 23.4 Å². The summed E-state index contributed by atoms with van der Waals surface area (Å²) in [6.45, 7) is 2.88. The molecule has 0 fully saturated rings. The molecule has 0 spiro atoms. The Labute approximate surface area is 42.7 Å². The van der Waals surface area contributed by atoms with Gasteiger partial charge in [-0.2, -0.15) is 0 Å². The second kappa shape index (κ2) is 18.6. The molecule has 7 heavy (non-hydrogen) atoms. The van der Waals surface area contributed by atoms with E-state index in [4.69, 9.17) is 16.8 Å². The van der Waals surface area contributed by atoms with Gasteiger partial charge in [0.1, 0.15) is 0 Å². The van der Waals surface area contributed by atoms with Crippen molar-refractivity contribution in [3.8, 4) is 0 Å². The molecule has 4 nitrogen and oxygen atoms in total. The van der Waals surface area contributed by atoms with Crippen LogP contribution in [0.3, 0.4) is 0 Å². The smallest absolute Gasteiger partial charge is 0.00208 e. The lowest BCUT2D eigenvalue weighted by Gasteiger charge is -1.70. The van der Waals surface area contributed by atoms with Gasteiger partial charge in [0.2, 0.25) is 0 Å². The third kappa shape index (κ3) is 773. The van der Waals surface area contributed by atoms with Gasteiger partial charge in [-0.25, -0.2) is 0 Å². The van der Waals surface area contributed by atoms with E-state index in [1.165, 1.54) is 0 Å². The Morgan fingerprint density at radius 1 is 1.86 bits per heavy atom. The van der Waals surface area contributed by atoms with E-state index in [2.05, 4.69) is 6.92 Å². The molecule has 42 valence electrons. The quantitative estimate of drug-likeness (QED) is 0.291. The van der Waals surface area contributed by atoms with E-state index in [-0.39, 0.29) is 0 Å². The van der Waals surface area contributed by atoms with Crippen molar-refractivity contribution in [3.05, 3.63) is 10.4 Å². The minimum absolute atomic E-state index is 0.819. The van der Waals surface area contributed by atoms with Gasteiger partial charge >= 0.3 is 0 Å². The van der Waals surface area contributed by atoms with Crippen molar-refractivity contribution in [2.24, 2.45) is 5.73 Å². The molecule has 3 N–H and O–H groups in total. The molecule has 4 heteroatoms. The first-order valence-corrected chi connectivity index (χ1v) is 2.04. The first-order valence-electron chi connectivity index (χ1n) is 2.04. The molecular formula is C3H10N4. The lowest BCUT2D eigenvalue weighted by Crippen LogP contribution is -1.93. The third-order valence-electron chi connectivity index (χ3n) is 0.289. The topological polar surface area (TPSA) is 86.3 Å². The maximum atomic E-state index is 6.86. The van der Waals surface area contributed by atoms with Crippen molar-refractivity contribution in [2.45, 2.75) is 13.3 Å². The average molecular weight is 102 g/mol. The highest BCUT2D eigenvalue weighted by Gasteiger charge is 1.55. The van der Waals surface area contributed by atoms with Crippen LogP contribution < -0.4 is 5.73 Å². The number of hydrogen-bond donors (Lipinski definition) is 2. The summed E-state index contributed by atoms with van der Waals surface area (Å²) < 4.78 is 0. The minimum atomic E-state index is 0.819. The van der Waals surface area contributed by atoms with Crippen molar-refractivity contribution in [3.63, 3.8) is 0 Å². The van der Waals surface area contributed by atoms with E-state index in [0.717, 1.165) is 13.0 Å². The molecule has 0 atom stereocenters. The van der Waals surface area contributed by atoms with Crippen LogP contribution in [0, 0.1) is 5.53 Å². The molecule has 0 aromatic heterocycles. The highest BCUT2D eigenvalue weighted by atomic mass is 15.0. The summed E-state index contributed by atoms with van der Waals surface area (Å²) in [7, 11) is 0. The summed E-state index contributed by atoms with van der Waals surface area (Å²) in [6.07, 6.45) is 1.10. The van der Waals surface area contributed by atoms with Gasteiger partial charge in [0.15, 0.2) is 0 Å². The maximum absolute atomic E-state index is 6.86. The van der Waals surface area contributed by atoms with Crippen molar-refractivity contribution < 1.29 is 0 Å². The molecule has 0 aromatic carbocycles. The molecule has 0 radical (unpaired) electrons. The van der Waals surface area contributed by atoms with Crippen LogP contribution in [0.15, 0.2) is 0 Å². The van der Waals surface area contributed by atoms with Crippen LogP contribution in [0.2, 0.25) is 0 Å². The van der Waals surface area contributed by atoms with Gasteiger partial charge in [0.05, 0.1) is 0 Å². The molecule has 0 aliphatic carbocycles. The Hall–Kier alpha value is -0.730. The Morgan fingerprint density at radius 2 is 2.00 bits per heavy atom. The Balaban J connectivity index is 0. The number of nitrogens with zero attached hydrogens (tertiary/aromatic N) is 2. The van der Waals surface area contributed by atoms with E-state index >= 15 is 0 Å². The molecule has 0 aromatic rings. The van der Waals surface area contributed by atoms with Crippen molar-refractivity contribution in [1.82, 2.24) is 0 Å². The minimum Gasteiger partial charge on any atom is -0.330 e. The fraction of sp³-hybridized carbons (Fsp3) is 1.00.